The van der Waals surface area contributed by atoms with Crippen molar-refractivity contribution in [1.29, 1.82) is 0 Å². The summed E-state index contributed by atoms with van der Waals surface area (Å²) in [4.78, 5) is 4.50. The maximum atomic E-state index is 9.98. The first kappa shape index (κ1) is 15.9. The average Bonchev–Trinajstić information content (AvgIpc) is 2.38. The van der Waals surface area contributed by atoms with Crippen LogP contribution in [0.25, 0.3) is 0 Å². The number of rotatable bonds is 8. The third kappa shape index (κ3) is 5.57. The van der Waals surface area contributed by atoms with Crippen molar-refractivity contribution in [2.75, 3.05) is 13.2 Å². The van der Waals surface area contributed by atoms with E-state index in [1.807, 2.05) is 26.0 Å². The van der Waals surface area contributed by atoms with Gasteiger partial charge in [0.2, 0.25) is 0 Å². The molecule has 0 spiro atoms. The minimum atomic E-state index is -0.793. The Hall–Kier alpha value is -1.13. The van der Waals surface area contributed by atoms with Crippen LogP contribution in [0.1, 0.15) is 45.0 Å². The number of aromatic nitrogens is 1. The zero-order chi connectivity index (χ0) is 14.3. The molecule has 1 unspecified atom stereocenters. The van der Waals surface area contributed by atoms with E-state index >= 15 is 0 Å². The Labute approximate surface area is 116 Å². The summed E-state index contributed by atoms with van der Waals surface area (Å²) >= 11 is 0. The molecule has 4 heteroatoms. The second-order valence-corrected chi connectivity index (χ2v) is 5.21. The van der Waals surface area contributed by atoms with Crippen LogP contribution < -0.4 is 10.1 Å². The van der Waals surface area contributed by atoms with E-state index < -0.39 is 5.60 Å². The van der Waals surface area contributed by atoms with E-state index in [-0.39, 0.29) is 6.61 Å². The van der Waals surface area contributed by atoms with E-state index in [0.29, 0.717) is 13.0 Å². The van der Waals surface area contributed by atoms with Crippen LogP contribution >= 0.6 is 0 Å². The SMILES string of the molecule is CCCNCc1nc(C)ccc1OCC(C)(O)CC. The Morgan fingerprint density at radius 1 is 1.37 bits per heavy atom. The molecule has 2 N–H and O–H groups in total. The van der Waals surface area contributed by atoms with Gasteiger partial charge in [0.1, 0.15) is 12.4 Å². The fourth-order valence-corrected chi connectivity index (χ4v) is 1.57. The summed E-state index contributed by atoms with van der Waals surface area (Å²) in [6.07, 6.45) is 1.75. The van der Waals surface area contributed by atoms with Crippen LogP contribution in [0.2, 0.25) is 0 Å². The minimum absolute atomic E-state index is 0.287. The number of hydrogen-bond donors (Lipinski definition) is 2. The lowest BCUT2D eigenvalue weighted by atomic mass is 10.1. The standard InChI is InChI=1S/C15H26N2O2/c1-5-9-16-10-13-14(8-7-12(3)17-13)19-11-15(4,18)6-2/h7-8,16,18H,5-6,9-11H2,1-4H3. The summed E-state index contributed by atoms with van der Waals surface area (Å²) in [7, 11) is 0. The van der Waals surface area contributed by atoms with Gasteiger partial charge in [-0.15, -0.1) is 0 Å². The molecule has 0 saturated carbocycles. The topological polar surface area (TPSA) is 54.4 Å². The molecule has 0 aliphatic rings. The van der Waals surface area contributed by atoms with E-state index in [2.05, 4.69) is 17.2 Å². The molecule has 19 heavy (non-hydrogen) atoms. The summed E-state index contributed by atoms with van der Waals surface area (Å²) in [6.45, 7) is 9.77. The molecule has 1 aromatic heterocycles. The zero-order valence-corrected chi connectivity index (χ0v) is 12.5. The predicted molar refractivity (Wildman–Crippen MR) is 77.4 cm³/mol. The molecule has 0 aliphatic carbocycles. The number of aliphatic hydroxyl groups is 1. The van der Waals surface area contributed by atoms with Crippen LogP contribution in [0.5, 0.6) is 5.75 Å². The van der Waals surface area contributed by atoms with Crippen molar-refractivity contribution >= 4 is 0 Å². The maximum Gasteiger partial charge on any atom is 0.142 e. The van der Waals surface area contributed by atoms with Gasteiger partial charge >= 0.3 is 0 Å². The van der Waals surface area contributed by atoms with Crippen LogP contribution in [0.15, 0.2) is 12.1 Å². The third-order valence-corrected chi connectivity index (χ3v) is 3.09. The molecule has 1 rings (SSSR count). The van der Waals surface area contributed by atoms with Crippen molar-refractivity contribution in [2.24, 2.45) is 0 Å². The molecule has 1 atom stereocenters. The summed E-state index contributed by atoms with van der Waals surface area (Å²) in [5.74, 6) is 0.753. The Morgan fingerprint density at radius 2 is 2.11 bits per heavy atom. The lowest BCUT2D eigenvalue weighted by Crippen LogP contribution is -2.31. The third-order valence-electron chi connectivity index (χ3n) is 3.09. The van der Waals surface area contributed by atoms with Crippen LogP contribution in [0.3, 0.4) is 0 Å². The molecule has 0 fully saturated rings. The Bertz CT molecular complexity index is 392. The second-order valence-electron chi connectivity index (χ2n) is 5.21. The van der Waals surface area contributed by atoms with Crippen molar-refractivity contribution in [2.45, 2.75) is 52.7 Å². The zero-order valence-electron chi connectivity index (χ0n) is 12.5. The van der Waals surface area contributed by atoms with Crippen molar-refractivity contribution in [3.63, 3.8) is 0 Å². The fraction of sp³-hybridized carbons (Fsp3) is 0.667. The normalized spacial score (nSPS) is 14.2. The molecule has 0 amide bonds. The molecule has 0 aliphatic heterocycles. The quantitative estimate of drug-likeness (QED) is 0.710. The summed E-state index contributed by atoms with van der Waals surface area (Å²) in [5, 5.41) is 13.3. The van der Waals surface area contributed by atoms with Gasteiger partial charge < -0.3 is 15.2 Å². The highest BCUT2D eigenvalue weighted by Gasteiger charge is 2.19. The van der Waals surface area contributed by atoms with Gasteiger partial charge in [0.15, 0.2) is 0 Å². The van der Waals surface area contributed by atoms with Crippen LogP contribution in [-0.4, -0.2) is 28.8 Å². The molecule has 0 saturated heterocycles. The van der Waals surface area contributed by atoms with Crippen molar-refractivity contribution in [1.82, 2.24) is 10.3 Å². The molecule has 108 valence electrons. The minimum Gasteiger partial charge on any atom is -0.489 e. The van der Waals surface area contributed by atoms with E-state index in [4.69, 9.17) is 4.74 Å². The number of ether oxygens (including phenoxy) is 1. The molecular weight excluding hydrogens is 240 g/mol. The van der Waals surface area contributed by atoms with Gasteiger partial charge in [0.25, 0.3) is 0 Å². The highest BCUT2D eigenvalue weighted by molar-refractivity contribution is 5.29. The van der Waals surface area contributed by atoms with E-state index in [1.165, 1.54) is 0 Å². The first-order valence-corrected chi connectivity index (χ1v) is 7.01. The lowest BCUT2D eigenvalue weighted by molar-refractivity contribution is 0.00801. The maximum absolute atomic E-state index is 9.98. The number of aryl methyl sites for hydroxylation is 1. The van der Waals surface area contributed by atoms with Gasteiger partial charge in [-0.25, -0.2) is 0 Å². The first-order chi connectivity index (χ1) is 8.98. The van der Waals surface area contributed by atoms with Gasteiger partial charge in [-0.1, -0.05) is 13.8 Å². The van der Waals surface area contributed by atoms with Crippen LogP contribution in [0, 0.1) is 6.92 Å². The van der Waals surface area contributed by atoms with Crippen molar-refractivity contribution < 1.29 is 9.84 Å². The molecular formula is C15H26N2O2. The summed E-state index contributed by atoms with van der Waals surface area (Å²) in [6, 6.07) is 3.86. The number of pyridine rings is 1. The van der Waals surface area contributed by atoms with Crippen molar-refractivity contribution in [3.8, 4) is 5.75 Å². The highest BCUT2D eigenvalue weighted by atomic mass is 16.5. The average molecular weight is 266 g/mol. The Kier molecular flexibility index (Phi) is 6.25. The van der Waals surface area contributed by atoms with E-state index in [9.17, 15) is 5.11 Å². The highest BCUT2D eigenvalue weighted by Crippen LogP contribution is 2.19. The van der Waals surface area contributed by atoms with E-state index in [0.717, 1.165) is 30.1 Å². The Balaban J connectivity index is 2.70. The first-order valence-electron chi connectivity index (χ1n) is 7.01. The van der Waals surface area contributed by atoms with Crippen LogP contribution in [0.4, 0.5) is 0 Å². The smallest absolute Gasteiger partial charge is 0.142 e. The van der Waals surface area contributed by atoms with Gasteiger partial charge in [-0.2, -0.15) is 0 Å². The number of nitrogens with one attached hydrogen (secondary N) is 1. The van der Waals surface area contributed by atoms with Gasteiger partial charge in [0, 0.05) is 12.2 Å². The molecule has 0 aromatic carbocycles. The molecule has 1 heterocycles. The molecule has 0 radical (unpaired) electrons. The molecule has 0 bridgehead atoms. The molecule has 4 nitrogen and oxygen atoms in total. The van der Waals surface area contributed by atoms with Gasteiger partial charge in [0.05, 0.1) is 11.3 Å². The van der Waals surface area contributed by atoms with Crippen LogP contribution in [-0.2, 0) is 6.54 Å². The lowest BCUT2D eigenvalue weighted by Gasteiger charge is -2.22. The monoisotopic (exact) mass is 266 g/mol. The summed E-state index contributed by atoms with van der Waals surface area (Å²) < 4.78 is 5.73. The van der Waals surface area contributed by atoms with E-state index in [1.54, 1.807) is 6.92 Å². The predicted octanol–water partition coefficient (Wildman–Crippen LogP) is 2.43. The fourth-order valence-electron chi connectivity index (χ4n) is 1.57. The van der Waals surface area contributed by atoms with Gasteiger partial charge in [-0.05, 0) is 45.4 Å². The Morgan fingerprint density at radius 3 is 2.74 bits per heavy atom. The largest absolute Gasteiger partial charge is 0.489 e. The van der Waals surface area contributed by atoms with Crippen molar-refractivity contribution in [3.05, 3.63) is 23.5 Å². The number of nitrogens with zero attached hydrogens (tertiary/aromatic N) is 1. The summed E-state index contributed by atoms with van der Waals surface area (Å²) in [5.41, 5.74) is 1.09. The molecule has 1 aromatic rings. The second kappa shape index (κ2) is 7.46. The number of hydrogen-bond acceptors (Lipinski definition) is 4. The van der Waals surface area contributed by atoms with Gasteiger partial charge in [-0.3, -0.25) is 4.98 Å².